The van der Waals surface area contributed by atoms with Gasteiger partial charge in [0.25, 0.3) is 0 Å². The number of aromatic nitrogens is 2. The lowest BCUT2D eigenvalue weighted by Gasteiger charge is -2.43. The maximum absolute atomic E-state index is 15.1. The van der Waals surface area contributed by atoms with Crippen LogP contribution in [0.5, 0.6) is 5.75 Å². The van der Waals surface area contributed by atoms with Crippen molar-refractivity contribution in [2.24, 2.45) is 0 Å². The number of halogens is 4. The van der Waals surface area contributed by atoms with Crippen LogP contribution in [0.15, 0.2) is 55.4 Å². The third-order valence-corrected chi connectivity index (χ3v) is 9.58. The summed E-state index contributed by atoms with van der Waals surface area (Å²) in [4.78, 5) is 45.1. The highest BCUT2D eigenvalue weighted by molar-refractivity contribution is 6.02. The molecule has 2 N–H and O–H groups in total. The second kappa shape index (κ2) is 15.1. The van der Waals surface area contributed by atoms with E-state index in [0.29, 0.717) is 29.2 Å². The average molecular weight is 713 g/mol. The second-order valence-electron chi connectivity index (χ2n) is 12.6. The molecule has 1 atom stereocenters. The summed E-state index contributed by atoms with van der Waals surface area (Å²) in [7, 11) is 1.52. The topological polar surface area (TPSA) is 115 Å². The van der Waals surface area contributed by atoms with E-state index in [0.717, 1.165) is 57.8 Å². The highest BCUT2D eigenvalue weighted by atomic mass is 19.4. The molecule has 16 heteroatoms. The SMILES string of the molecule is C=CC(=O)Nc1cc(Nc2cc(N3OCC[C@@H]3c3cccc(C(F)(F)F)c3F)ncn2)c(OC)cc1N1CCC(N2CCN(C(C)=O)CC2)CC1. The van der Waals surface area contributed by atoms with Gasteiger partial charge in [0, 0.05) is 76.4 Å². The van der Waals surface area contributed by atoms with Crippen LogP contribution in [-0.4, -0.2) is 90.6 Å². The first-order valence-electron chi connectivity index (χ1n) is 16.7. The number of methoxy groups -OCH3 is 1. The van der Waals surface area contributed by atoms with E-state index in [1.807, 2.05) is 11.0 Å². The Bertz CT molecular complexity index is 1760. The molecule has 272 valence electrons. The summed E-state index contributed by atoms with van der Waals surface area (Å²) >= 11 is 0. The number of piperazine rings is 1. The van der Waals surface area contributed by atoms with Crippen LogP contribution in [-0.2, 0) is 20.6 Å². The molecule has 0 bridgehead atoms. The van der Waals surface area contributed by atoms with Crippen LogP contribution in [0, 0.1) is 5.82 Å². The number of alkyl halides is 3. The molecule has 3 saturated heterocycles. The van der Waals surface area contributed by atoms with Gasteiger partial charge in [-0.1, -0.05) is 18.7 Å². The van der Waals surface area contributed by atoms with Crippen molar-refractivity contribution in [3.63, 3.8) is 0 Å². The maximum atomic E-state index is 15.1. The normalized spacial score (nSPS) is 18.9. The molecule has 3 aliphatic rings. The van der Waals surface area contributed by atoms with E-state index in [9.17, 15) is 22.8 Å². The highest BCUT2D eigenvalue weighted by Crippen LogP contribution is 2.42. The molecule has 6 rings (SSSR count). The summed E-state index contributed by atoms with van der Waals surface area (Å²) in [5.74, 6) is -0.691. The van der Waals surface area contributed by atoms with Gasteiger partial charge in [0.05, 0.1) is 42.4 Å². The van der Waals surface area contributed by atoms with Gasteiger partial charge in [-0.2, -0.15) is 13.2 Å². The number of hydrogen-bond acceptors (Lipinski definition) is 10. The largest absolute Gasteiger partial charge is 0.494 e. The van der Waals surface area contributed by atoms with Gasteiger partial charge in [0.1, 0.15) is 23.7 Å². The van der Waals surface area contributed by atoms with Crippen molar-refractivity contribution >= 4 is 40.5 Å². The molecule has 2 amide bonds. The Hall–Kier alpha value is -4.96. The third-order valence-electron chi connectivity index (χ3n) is 9.58. The van der Waals surface area contributed by atoms with Crippen LogP contribution in [0.25, 0.3) is 0 Å². The van der Waals surface area contributed by atoms with Crippen LogP contribution in [0.4, 0.5) is 46.3 Å². The van der Waals surface area contributed by atoms with Gasteiger partial charge in [0.15, 0.2) is 5.82 Å². The van der Waals surface area contributed by atoms with Crippen molar-refractivity contribution in [2.75, 3.05) is 73.6 Å². The Morgan fingerprint density at radius 3 is 2.43 bits per heavy atom. The molecule has 0 unspecified atom stereocenters. The van der Waals surface area contributed by atoms with Crippen molar-refractivity contribution in [1.29, 1.82) is 0 Å². The van der Waals surface area contributed by atoms with Crippen molar-refractivity contribution in [3.05, 3.63) is 72.3 Å². The number of carbonyl (C=O) groups excluding carboxylic acids is 2. The van der Waals surface area contributed by atoms with Crippen LogP contribution >= 0.6 is 0 Å². The fourth-order valence-corrected chi connectivity index (χ4v) is 6.93. The third kappa shape index (κ3) is 7.86. The molecular formula is C35H40F4N8O4. The fourth-order valence-electron chi connectivity index (χ4n) is 6.93. The maximum Gasteiger partial charge on any atom is 0.419 e. The van der Waals surface area contributed by atoms with E-state index in [1.165, 1.54) is 42.8 Å². The molecule has 12 nitrogen and oxygen atoms in total. The van der Waals surface area contributed by atoms with Crippen molar-refractivity contribution in [1.82, 2.24) is 19.8 Å². The molecule has 1 aromatic heterocycles. The molecule has 0 radical (unpaired) electrons. The van der Waals surface area contributed by atoms with Crippen molar-refractivity contribution in [3.8, 4) is 5.75 Å². The molecule has 0 saturated carbocycles. The Labute approximate surface area is 293 Å². The van der Waals surface area contributed by atoms with E-state index < -0.39 is 29.5 Å². The first kappa shape index (κ1) is 35.9. The first-order chi connectivity index (χ1) is 24.5. The highest BCUT2D eigenvalue weighted by Gasteiger charge is 2.38. The van der Waals surface area contributed by atoms with Crippen molar-refractivity contribution in [2.45, 2.75) is 44.4 Å². The van der Waals surface area contributed by atoms with Gasteiger partial charge in [0.2, 0.25) is 11.8 Å². The Kier molecular flexibility index (Phi) is 10.6. The molecule has 3 fully saturated rings. The Balaban J connectivity index is 1.22. The lowest BCUT2D eigenvalue weighted by atomic mass is 10.0. The molecule has 3 aliphatic heterocycles. The van der Waals surface area contributed by atoms with E-state index in [-0.39, 0.29) is 36.1 Å². The molecule has 3 aromatic rings. The summed E-state index contributed by atoms with van der Waals surface area (Å²) in [6.07, 6.45) is -0.357. The minimum atomic E-state index is -4.85. The number of nitrogens with one attached hydrogen (secondary N) is 2. The van der Waals surface area contributed by atoms with E-state index in [1.54, 1.807) is 13.0 Å². The molecule has 2 aromatic carbocycles. The van der Waals surface area contributed by atoms with Gasteiger partial charge in [-0.3, -0.25) is 19.3 Å². The van der Waals surface area contributed by atoms with Crippen LogP contribution < -0.4 is 25.3 Å². The zero-order chi connectivity index (χ0) is 36.3. The number of hydroxylamine groups is 1. The zero-order valence-electron chi connectivity index (χ0n) is 28.4. The molecule has 51 heavy (non-hydrogen) atoms. The molecule has 4 heterocycles. The summed E-state index contributed by atoms with van der Waals surface area (Å²) < 4.78 is 61.2. The summed E-state index contributed by atoms with van der Waals surface area (Å²) in [6.45, 7) is 9.96. The van der Waals surface area contributed by atoms with Crippen LogP contribution in [0.2, 0.25) is 0 Å². The summed E-state index contributed by atoms with van der Waals surface area (Å²) in [6, 6.07) is 7.81. The number of rotatable bonds is 9. The number of carbonyl (C=O) groups is 2. The van der Waals surface area contributed by atoms with Crippen LogP contribution in [0.3, 0.4) is 0 Å². The first-order valence-corrected chi connectivity index (χ1v) is 16.7. The van der Waals surface area contributed by atoms with E-state index >= 15 is 4.39 Å². The second-order valence-corrected chi connectivity index (χ2v) is 12.6. The number of ether oxygens (including phenoxy) is 1. The summed E-state index contributed by atoms with van der Waals surface area (Å²) in [5, 5.41) is 7.39. The van der Waals surface area contributed by atoms with Gasteiger partial charge in [-0.05, 0) is 31.1 Å². The summed E-state index contributed by atoms with van der Waals surface area (Å²) in [5.41, 5.74) is 0.253. The standard InChI is InChI=1S/C35H40F4N8O4/c1-4-33(49)43-26-18-27(30(50-3)19-29(26)46-11-8-23(9-12-46)45-15-13-44(14-16-45)22(2)48)42-31-20-32(41-21-40-31)47-28(10-17-51-47)24-6-5-7-25(34(24)36)35(37,38)39/h4-7,18-21,23,28H,1,8-17H2,2-3H3,(H,43,49)(H,40,41,42)/t28-/m1/s1. The number of piperidine rings is 1. The predicted octanol–water partition coefficient (Wildman–Crippen LogP) is 5.53. The Morgan fingerprint density at radius 2 is 1.76 bits per heavy atom. The number of hydrogen-bond donors (Lipinski definition) is 2. The molecule has 0 spiro atoms. The Morgan fingerprint density at radius 1 is 1.02 bits per heavy atom. The molecule has 0 aliphatic carbocycles. The van der Waals surface area contributed by atoms with Crippen LogP contribution in [0.1, 0.15) is 43.4 Å². The van der Waals surface area contributed by atoms with Gasteiger partial charge in [-0.25, -0.2) is 19.4 Å². The van der Waals surface area contributed by atoms with E-state index in [4.69, 9.17) is 9.57 Å². The lowest BCUT2D eigenvalue weighted by Crippen LogP contribution is -2.54. The lowest BCUT2D eigenvalue weighted by molar-refractivity contribution is -0.140. The minimum absolute atomic E-state index is 0.102. The fraction of sp³-hybridized carbons (Fsp3) is 0.429. The quantitative estimate of drug-likeness (QED) is 0.217. The number of anilines is 5. The number of amides is 2. The number of benzene rings is 2. The van der Waals surface area contributed by atoms with Gasteiger partial charge in [-0.15, -0.1) is 0 Å². The van der Waals surface area contributed by atoms with E-state index in [2.05, 4.69) is 37.0 Å². The smallest absolute Gasteiger partial charge is 0.419 e. The average Bonchev–Trinajstić information content (AvgIpc) is 3.61. The number of nitrogens with zero attached hydrogens (tertiary/aromatic N) is 6. The predicted molar refractivity (Wildman–Crippen MR) is 183 cm³/mol. The monoisotopic (exact) mass is 712 g/mol. The van der Waals surface area contributed by atoms with Gasteiger partial charge < -0.3 is 25.2 Å². The van der Waals surface area contributed by atoms with Crippen molar-refractivity contribution < 1.29 is 36.7 Å². The zero-order valence-corrected chi connectivity index (χ0v) is 28.4. The van der Waals surface area contributed by atoms with Gasteiger partial charge >= 0.3 is 6.18 Å². The molecular weight excluding hydrogens is 672 g/mol. The minimum Gasteiger partial charge on any atom is -0.494 e.